The van der Waals surface area contributed by atoms with Crippen LogP contribution in [0.1, 0.15) is 39.9 Å². The highest BCUT2D eigenvalue weighted by molar-refractivity contribution is 5.84. The molecule has 13 heteroatoms. The third kappa shape index (κ3) is 10.1. The van der Waals surface area contributed by atoms with E-state index in [9.17, 15) is 18.0 Å². The predicted octanol–water partition coefficient (Wildman–Crippen LogP) is 6.20. The molecule has 2 atom stereocenters. The number of carboxylic acids is 1. The predicted molar refractivity (Wildman–Crippen MR) is 191 cm³/mol. The third-order valence-corrected chi connectivity index (χ3v) is 8.44. The number of aryl methyl sites for hydroxylation is 2. The number of rotatable bonds is 13. The molecule has 270 valence electrons. The fourth-order valence-electron chi connectivity index (χ4n) is 5.75. The van der Waals surface area contributed by atoms with Crippen molar-refractivity contribution < 1.29 is 32.6 Å². The van der Waals surface area contributed by atoms with Gasteiger partial charge in [-0.25, -0.2) is 4.79 Å². The fraction of sp³-hybridized carbons (Fsp3) is 0.231. The molecule has 5 N–H and O–H groups in total. The van der Waals surface area contributed by atoms with E-state index in [0.29, 0.717) is 31.6 Å². The van der Waals surface area contributed by atoms with Gasteiger partial charge in [-0.05, 0) is 53.3 Å². The molecule has 10 nitrogen and oxygen atoms in total. The van der Waals surface area contributed by atoms with Gasteiger partial charge in [0.15, 0.2) is 5.82 Å². The first-order valence-corrected chi connectivity index (χ1v) is 16.6. The minimum Gasteiger partial charge on any atom is -0.497 e. The summed E-state index contributed by atoms with van der Waals surface area (Å²) in [5.74, 6) is -0.638. The van der Waals surface area contributed by atoms with E-state index < -0.39 is 24.2 Å². The lowest BCUT2D eigenvalue weighted by Gasteiger charge is -2.22. The summed E-state index contributed by atoms with van der Waals surface area (Å²) in [6, 6.07) is 35.2. The van der Waals surface area contributed by atoms with Gasteiger partial charge in [-0.15, -0.1) is 10.2 Å². The highest BCUT2D eigenvalue weighted by atomic mass is 19.4. The molecule has 6 aromatic rings. The van der Waals surface area contributed by atoms with Gasteiger partial charge in [0.05, 0.1) is 25.7 Å². The Kier molecular flexibility index (Phi) is 12.4. The van der Waals surface area contributed by atoms with Crippen LogP contribution in [0.2, 0.25) is 0 Å². The maximum absolute atomic E-state index is 13.7. The van der Waals surface area contributed by atoms with Crippen molar-refractivity contribution in [2.24, 2.45) is 5.73 Å². The van der Waals surface area contributed by atoms with Crippen molar-refractivity contribution in [2.75, 3.05) is 7.11 Å². The summed E-state index contributed by atoms with van der Waals surface area (Å²) in [4.78, 5) is 25.9. The van der Waals surface area contributed by atoms with Crippen LogP contribution in [0.4, 0.5) is 13.2 Å². The lowest BCUT2D eigenvalue weighted by molar-refractivity contribution is -0.192. The van der Waals surface area contributed by atoms with E-state index in [1.54, 1.807) is 7.11 Å². The summed E-state index contributed by atoms with van der Waals surface area (Å²) >= 11 is 0. The lowest BCUT2D eigenvalue weighted by Crippen LogP contribution is -2.44. The van der Waals surface area contributed by atoms with Crippen molar-refractivity contribution in [1.29, 1.82) is 0 Å². The molecule has 2 heterocycles. The maximum Gasteiger partial charge on any atom is 0.490 e. The number of amides is 1. The molecule has 0 radical (unpaired) electrons. The lowest BCUT2D eigenvalue weighted by atomic mass is 10.0. The zero-order valence-electron chi connectivity index (χ0n) is 28.4. The van der Waals surface area contributed by atoms with E-state index in [4.69, 9.17) is 30.6 Å². The number of carboxylic acid groups (broad SMARTS) is 1. The molecule has 0 aliphatic rings. The minimum atomic E-state index is -5.08. The number of hydrogen-bond donors (Lipinski definition) is 4. The third-order valence-electron chi connectivity index (χ3n) is 8.44. The number of H-pyrrole nitrogens is 1. The van der Waals surface area contributed by atoms with Crippen molar-refractivity contribution >= 4 is 22.8 Å². The number of ether oxygens (including phenoxy) is 1. The molecule has 4 aromatic carbocycles. The number of carbonyl (C=O) groups is 2. The number of nitrogens with two attached hydrogens (primary N) is 1. The second-order valence-electron chi connectivity index (χ2n) is 12.1. The molecule has 2 aromatic heterocycles. The average Bonchev–Trinajstić information content (AvgIpc) is 3.75. The first-order chi connectivity index (χ1) is 25.0. The number of aliphatic carboxylic acids is 1. The Balaban J connectivity index is 0.000000679. The van der Waals surface area contributed by atoms with Crippen LogP contribution >= 0.6 is 0 Å². The van der Waals surface area contributed by atoms with Crippen molar-refractivity contribution in [3.63, 3.8) is 0 Å². The quantitative estimate of drug-likeness (QED) is 0.111. The Morgan fingerprint density at radius 2 is 1.46 bits per heavy atom. The molecule has 0 unspecified atom stereocenters. The van der Waals surface area contributed by atoms with Crippen molar-refractivity contribution in [2.45, 2.75) is 50.5 Å². The normalized spacial score (nSPS) is 12.4. The Labute approximate surface area is 298 Å². The summed E-state index contributed by atoms with van der Waals surface area (Å²) in [6.45, 7) is 0.548. The van der Waals surface area contributed by atoms with Gasteiger partial charge in [0.25, 0.3) is 0 Å². The summed E-state index contributed by atoms with van der Waals surface area (Å²) in [5, 5.41) is 20.9. The highest BCUT2D eigenvalue weighted by Gasteiger charge is 2.38. The van der Waals surface area contributed by atoms with Crippen LogP contribution in [0.3, 0.4) is 0 Å². The molecule has 52 heavy (non-hydrogen) atoms. The molecule has 1 amide bonds. The van der Waals surface area contributed by atoms with Crippen LogP contribution in [0.25, 0.3) is 10.9 Å². The number of fused-ring (bicyclic) bond motifs is 1. The first-order valence-electron chi connectivity index (χ1n) is 16.6. The number of aromatic amines is 1. The van der Waals surface area contributed by atoms with Crippen LogP contribution in [0, 0.1) is 0 Å². The Morgan fingerprint density at radius 3 is 2.10 bits per heavy atom. The Bertz CT molecular complexity index is 2050. The number of nitrogens with one attached hydrogen (secondary N) is 2. The molecule has 0 saturated carbocycles. The van der Waals surface area contributed by atoms with Crippen molar-refractivity contribution in [3.05, 3.63) is 149 Å². The topological polar surface area (TPSA) is 148 Å². The minimum absolute atomic E-state index is 0.228. The SMILES string of the molecule is COc1ccc(Cn2c(CCc3ccccc3)nnc2[C@@H](Cc2c[nH]c3ccccc23)NC(=O)[C@@H](N)Cc2ccccc2)cc1.O=C(O)C(F)(F)F. The van der Waals surface area contributed by atoms with Gasteiger partial charge in [-0.3, -0.25) is 4.79 Å². The number of aromatic nitrogens is 4. The van der Waals surface area contributed by atoms with Gasteiger partial charge in [-0.1, -0.05) is 91.0 Å². The summed E-state index contributed by atoms with van der Waals surface area (Å²) in [6.07, 6.45) is -0.591. The van der Waals surface area contributed by atoms with E-state index in [0.717, 1.165) is 45.6 Å². The van der Waals surface area contributed by atoms with Gasteiger partial charge < -0.3 is 30.4 Å². The van der Waals surface area contributed by atoms with Gasteiger partial charge in [0.2, 0.25) is 5.91 Å². The molecule has 0 saturated heterocycles. The molecule has 0 aliphatic carbocycles. The standard InChI is InChI=1S/C37H38N6O2.C2HF3O2/c1-45-30-19-16-28(17-20-30)25-43-35(21-18-26-10-4-2-5-11-26)41-42-36(43)34(23-29-24-39-33-15-9-8-14-31(29)33)40-37(44)32(38)22-27-12-6-3-7-13-27;3-2(4,5)1(6)7/h2-17,19-20,24,32,34,39H,18,21-23,25,38H2,1H3,(H,40,44);(H,6,7)/t32-,34+;/m0./s1. The Hall–Kier alpha value is -5.95. The summed E-state index contributed by atoms with van der Waals surface area (Å²) in [7, 11) is 1.66. The number of carbonyl (C=O) groups excluding carboxylic acids is 1. The molecule has 0 spiro atoms. The molecule has 0 fully saturated rings. The number of benzene rings is 4. The second-order valence-corrected chi connectivity index (χ2v) is 12.1. The van der Waals surface area contributed by atoms with Gasteiger partial charge in [0.1, 0.15) is 11.6 Å². The molecule has 0 aliphatic heterocycles. The number of para-hydroxylation sites is 1. The maximum atomic E-state index is 13.7. The van der Waals surface area contributed by atoms with Crippen LogP contribution in [-0.2, 0) is 41.8 Å². The second kappa shape index (κ2) is 17.3. The zero-order chi connectivity index (χ0) is 37.1. The largest absolute Gasteiger partial charge is 0.497 e. The Morgan fingerprint density at radius 1 is 0.846 bits per heavy atom. The van der Waals surface area contributed by atoms with Gasteiger partial charge >= 0.3 is 12.1 Å². The number of methoxy groups -OCH3 is 1. The van der Waals surface area contributed by atoms with Crippen LogP contribution in [0.5, 0.6) is 5.75 Å². The van der Waals surface area contributed by atoms with E-state index >= 15 is 0 Å². The highest BCUT2D eigenvalue weighted by Crippen LogP contribution is 2.26. The number of nitrogens with zero attached hydrogens (tertiary/aromatic N) is 3. The van der Waals surface area contributed by atoms with E-state index in [1.165, 1.54) is 5.56 Å². The first kappa shape index (κ1) is 37.3. The zero-order valence-corrected chi connectivity index (χ0v) is 28.4. The van der Waals surface area contributed by atoms with Crippen molar-refractivity contribution in [1.82, 2.24) is 25.1 Å². The summed E-state index contributed by atoms with van der Waals surface area (Å²) in [5.41, 5.74) is 11.9. The van der Waals surface area contributed by atoms with E-state index in [2.05, 4.69) is 39.1 Å². The molecule has 6 rings (SSSR count). The fourth-order valence-corrected chi connectivity index (χ4v) is 5.75. The molecule has 0 bridgehead atoms. The van der Waals surface area contributed by atoms with E-state index in [-0.39, 0.29) is 5.91 Å². The number of alkyl halides is 3. The van der Waals surface area contributed by atoms with Crippen LogP contribution < -0.4 is 15.8 Å². The molecular formula is C39H39F3N6O4. The smallest absolute Gasteiger partial charge is 0.490 e. The van der Waals surface area contributed by atoms with Crippen LogP contribution in [0.15, 0.2) is 115 Å². The molecular weight excluding hydrogens is 673 g/mol. The average molecular weight is 713 g/mol. The monoisotopic (exact) mass is 712 g/mol. The summed E-state index contributed by atoms with van der Waals surface area (Å²) < 4.78 is 39.3. The van der Waals surface area contributed by atoms with E-state index in [1.807, 2.05) is 91.1 Å². The number of hydrogen-bond acceptors (Lipinski definition) is 6. The van der Waals surface area contributed by atoms with Gasteiger partial charge in [0, 0.05) is 29.9 Å². The van der Waals surface area contributed by atoms with Gasteiger partial charge in [-0.2, -0.15) is 13.2 Å². The van der Waals surface area contributed by atoms with Crippen molar-refractivity contribution in [3.8, 4) is 5.75 Å². The number of halogens is 3. The van der Waals surface area contributed by atoms with Crippen LogP contribution in [-0.4, -0.2) is 56.1 Å².